The van der Waals surface area contributed by atoms with E-state index in [9.17, 15) is 19.2 Å². The number of nitrogens with zero attached hydrogens (tertiary/aromatic N) is 1. The van der Waals surface area contributed by atoms with Gasteiger partial charge in [0.25, 0.3) is 0 Å². The zero-order chi connectivity index (χ0) is 35.8. The van der Waals surface area contributed by atoms with Crippen molar-refractivity contribution in [1.29, 1.82) is 0 Å². The lowest BCUT2D eigenvalue weighted by Gasteiger charge is -2.28. The van der Waals surface area contributed by atoms with Crippen LogP contribution >= 0.6 is 34.8 Å². The van der Waals surface area contributed by atoms with Gasteiger partial charge in [-0.1, -0.05) is 83.3 Å². The molecule has 1 heterocycles. The van der Waals surface area contributed by atoms with E-state index in [4.69, 9.17) is 39.5 Å². The molecule has 0 bridgehead atoms. The van der Waals surface area contributed by atoms with E-state index in [1.54, 1.807) is 61.7 Å². The fourth-order valence-electron chi connectivity index (χ4n) is 5.95. The summed E-state index contributed by atoms with van der Waals surface area (Å²) in [6.45, 7) is -0.699. The first kappa shape index (κ1) is 36.8. The minimum atomic E-state index is -1.04. The second kappa shape index (κ2) is 17.0. The summed E-state index contributed by atoms with van der Waals surface area (Å²) in [7, 11) is 1.56. The number of amides is 3. The van der Waals surface area contributed by atoms with E-state index in [2.05, 4.69) is 10.6 Å². The number of benzene rings is 4. The number of para-hydroxylation sites is 1. The molecule has 1 aliphatic rings. The highest BCUT2D eigenvalue weighted by molar-refractivity contribution is 6.42. The molecule has 2 atom stereocenters. The number of ether oxygens (including phenoxy) is 1. The Balaban J connectivity index is 1.55. The maximum Gasteiger partial charge on any atom is 0.244 e. The molecular formula is C38H35Cl3FN3O5. The van der Waals surface area contributed by atoms with E-state index in [1.165, 1.54) is 17.0 Å². The van der Waals surface area contributed by atoms with Gasteiger partial charge >= 0.3 is 0 Å². The number of carbonyl (C=O) groups is 4. The number of rotatable bonds is 8. The molecule has 0 saturated heterocycles. The number of halogens is 4. The highest BCUT2D eigenvalue weighted by Crippen LogP contribution is 2.27. The van der Waals surface area contributed by atoms with Crippen molar-refractivity contribution in [3.63, 3.8) is 0 Å². The van der Waals surface area contributed by atoms with Gasteiger partial charge in [0.1, 0.15) is 18.1 Å². The Morgan fingerprint density at radius 3 is 2.40 bits per heavy atom. The van der Waals surface area contributed by atoms with Crippen molar-refractivity contribution in [3.05, 3.63) is 128 Å². The van der Waals surface area contributed by atoms with Crippen LogP contribution in [-0.2, 0) is 45.0 Å². The summed E-state index contributed by atoms with van der Waals surface area (Å²) < 4.78 is 20.5. The number of hydrogen-bond donors (Lipinski definition) is 2. The van der Waals surface area contributed by atoms with E-state index in [1.807, 2.05) is 18.2 Å². The van der Waals surface area contributed by atoms with E-state index in [0.717, 1.165) is 5.56 Å². The maximum atomic E-state index is 15.1. The quantitative estimate of drug-likeness (QED) is 0.198. The third-order valence-electron chi connectivity index (χ3n) is 8.56. The van der Waals surface area contributed by atoms with Crippen LogP contribution in [0.1, 0.15) is 35.1 Å². The fraction of sp³-hybridized carbons (Fsp3) is 0.263. The predicted octanol–water partition coefficient (Wildman–Crippen LogP) is 7.25. The van der Waals surface area contributed by atoms with Gasteiger partial charge in [-0.2, -0.15) is 0 Å². The number of carbonyl (C=O) groups excluding carboxylic acids is 4. The molecule has 260 valence electrons. The van der Waals surface area contributed by atoms with Crippen LogP contribution in [0, 0.1) is 11.7 Å². The maximum absolute atomic E-state index is 15.1. The molecule has 0 radical (unpaired) electrons. The van der Waals surface area contributed by atoms with Crippen molar-refractivity contribution >= 4 is 64.0 Å². The van der Waals surface area contributed by atoms with E-state index < -0.39 is 42.0 Å². The molecule has 5 rings (SSSR count). The second-order valence-electron chi connectivity index (χ2n) is 12.1. The van der Waals surface area contributed by atoms with Crippen LogP contribution in [0.4, 0.5) is 10.1 Å². The Morgan fingerprint density at radius 1 is 0.840 bits per heavy atom. The van der Waals surface area contributed by atoms with Crippen LogP contribution < -0.4 is 15.4 Å². The molecule has 2 N–H and O–H groups in total. The van der Waals surface area contributed by atoms with Crippen molar-refractivity contribution in [3.8, 4) is 5.75 Å². The van der Waals surface area contributed by atoms with Crippen LogP contribution in [0.3, 0.4) is 0 Å². The summed E-state index contributed by atoms with van der Waals surface area (Å²) in [5.41, 5.74) is 2.52. The van der Waals surface area contributed by atoms with Crippen molar-refractivity contribution < 1.29 is 28.3 Å². The van der Waals surface area contributed by atoms with Gasteiger partial charge < -0.3 is 20.3 Å². The smallest absolute Gasteiger partial charge is 0.244 e. The molecule has 50 heavy (non-hydrogen) atoms. The van der Waals surface area contributed by atoms with Gasteiger partial charge in [0, 0.05) is 30.1 Å². The van der Waals surface area contributed by atoms with Gasteiger partial charge in [-0.3, -0.25) is 19.2 Å². The van der Waals surface area contributed by atoms with Gasteiger partial charge in [0.2, 0.25) is 17.7 Å². The number of Topliss-reactive ketones (excluding diaryl/α,β-unsaturated/α-hetero) is 1. The average molecular weight is 739 g/mol. The molecular weight excluding hydrogens is 704 g/mol. The topological polar surface area (TPSA) is 105 Å². The van der Waals surface area contributed by atoms with Gasteiger partial charge in [-0.05, 0) is 72.4 Å². The molecule has 4 aromatic carbocycles. The van der Waals surface area contributed by atoms with Crippen molar-refractivity contribution in [2.45, 2.75) is 44.7 Å². The fourth-order valence-corrected chi connectivity index (χ4v) is 6.46. The highest BCUT2D eigenvalue weighted by Gasteiger charge is 2.33. The molecule has 0 spiro atoms. The number of hydrogen-bond acceptors (Lipinski definition) is 5. The zero-order valence-electron chi connectivity index (χ0n) is 27.2. The molecule has 12 heteroatoms. The first-order valence-corrected chi connectivity index (χ1v) is 17.1. The Bertz CT molecular complexity index is 1910. The Hall–Kier alpha value is -4.44. The first-order chi connectivity index (χ1) is 24.0. The third-order valence-corrected chi connectivity index (χ3v) is 9.59. The number of methoxy groups -OCH3 is 1. The molecule has 0 saturated carbocycles. The van der Waals surface area contributed by atoms with Crippen LogP contribution in [0.2, 0.25) is 15.1 Å². The zero-order valence-corrected chi connectivity index (χ0v) is 29.5. The Morgan fingerprint density at radius 2 is 1.62 bits per heavy atom. The van der Waals surface area contributed by atoms with Gasteiger partial charge in [0.05, 0.1) is 34.6 Å². The number of anilines is 1. The SMILES string of the molecule is COc1cccc(CCC2CC(=O)N(Cc3cccc(Cl)c3F)CC(=O)Nc3ccccc3CC(=O)N[C@@H](Cc3ccc(Cl)c(Cl)c3)C2=O)c1. The van der Waals surface area contributed by atoms with Crippen molar-refractivity contribution in [1.82, 2.24) is 10.2 Å². The van der Waals surface area contributed by atoms with E-state index in [-0.39, 0.29) is 48.6 Å². The molecule has 1 aliphatic heterocycles. The van der Waals surface area contributed by atoms with Crippen LogP contribution in [0.15, 0.2) is 84.9 Å². The Kier molecular flexibility index (Phi) is 12.5. The summed E-state index contributed by atoms with van der Waals surface area (Å²) in [5.74, 6) is -2.88. The lowest BCUT2D eigenvalue weighted by molar-refractivity contribution is -0.139. The normalized spacial score (nSPS) is 17.4. The number of ketones is 1. The lowest BCUT2D eigenvalue weighted by atomic mass is 9.86. The van der Waals surface area contributed by atoms with E-state index in [0.29, 0.717) is 39.0 Å². The molecule has 0 fully saturated rings. The van der Waals surface area contributed by atoms with Gasteiger partial charge in [-0.15, -0.1) is 0 Å². The minimum Gasteiger partial charge on any atom is -0.497 e. The third kappa shape index (κ3) is 9.62. The molecule has 4 aromatic rings. The highest BCUT2D eigenvalue weighted by atomic mass is 35.5. The number of nitrogens with one attached hydrogen (secondary N) is 2. The van der Waals surface area contributed by atoms with Gasteiger partial charge in [0.15, 0.2) is 5.78 Å². The molecule has 8 nitrogen and oxygen atoms in total. The Labute approximate surface area is 304 Å². The summed E-state index contributed by atoms with van der Waals surface area (Å²) in [6.07, 6.45) is 0.293. The summed E-state index contributed by atoms with van der Waals surface area (Å²) in [5, 5.41) is 6.21. The second-order valence-corrected chi connectivity index (χ2v) is 13.3. The van der Waals surface area contributed by atoms with Crippen LogP contribution in [0.25, 0.3) is 0 Å². The average Bonchev–Trinajstić information content (AvgIpc) is 3.09. The monoisotopic (exact) mass is 737 g/mol. The van der Waals surface area contributed by atoms with Crippen molar-refractivity contribution in [2.75, 3.05) is 19.0 Å². The van der Waals surface area contributed by atoms with E-state index >= 15 is 4.39 Å². The molecule has 0 aromatic heterocycles. The van der Waals surface area contributed by atoms with Gasteiger partial charge in [-0.25, -0.2) is 4.39 Å². The molecule has 3 amide bonds. The molecule has 0 aliphatic carbocycles. The largest absolute Gasteiger partial charge is 0.497 e. The standard InChI is InChI=1S/C38H35Cl3FN3O5/c1-50-28-9-4-6-23(16-28)12-14-26-20-36(48)45(21-27-8-5-10-30(40)37(27)42)22-35(47)43-32-11-3-2-7-25(32)19-34(46)44-33(38(26)49)18-24-13-15-29(39)31(41)17-24/h2-11,13,15-17,26,33H,12,14,18-22H2,1H3,(H,43,47)(H,44,46)/t26?,33-/m0/s1. The lowest BCUT2D eigenvalue weighted by Crippen LogP contribution is -2.47. The predicted molar refractivity (Wildman–Crippen MR) is 192 cm³/mol. The van der Waals surface area contributed by atoms with Crippen LogP contribution in [0.5, 0.6) is 5.75 Å². The summed E-state index contributed by atoms with van der Waals surface area (Å²) >= 11 is 18.5. The molecule has 1 unspecified atom stereocenters. The first-order valence-electron chi connectivity index (χ1n) is 16.0. The summed E-state index contributed by atoms with van der Waals surface area (Å²) in [6, 6.07) is 22.5. The number of fused-ring (bicyclic) bond motifs is 1. The summed E-state index contributed by atoms with van der Waals surface area (Å²) in [4.78, 5) is 56.9. The van der Waals surface area contributed by atoms with Crippen LogP contribution in [-0.4, -0.2) is 48.1 Å². The van der Waals surface area contributed by atoms with Crippen molar-refractivity contribution in [2.24, 2.45) is 5.92 Å². The minimum absolute atomic E-state index is 0.0845. The number of aryl methyl sites for hydroxylation is 1.